The van der Waals surface area contributed by atoms with Crippen LogP contribution in [-0.4, -0.2) is 23.7 Å². The minimum absolute atomic E-state index is 0.575. The number of benzene rings is 2. The molecule has 0 saturated heterocycles. The average Bonchev–Trinajstić information content (AvgIpc) is 3.08. The van der Waals surface area contributed by atoms with Crippen molar-refractivity contribution in [2.24, 2.45) is 10.1 Å². The lowest BCUT2D eigenvalue weighted by Gasteiger charge is -2.04. The van der Waals surface area contributed by atoms with Gasteiger partial charge in [0.1, 0.15) is 0 Å². The van der Waals surface area contributed by atoms with Gasteiger partial charge in [0.15, 0.2) is 0 Å². The van der Waals surface area contributed by atoms with Gasteiger partial charge in [0.25, 0.3) is 0 Å². The predicted molar refractivity (Wildman–Crippen MR) is 114 cm³/mol. The van der Waals surface area contributed by atoms with Crippen molar-refractivity contribution in [3.63, 3.8) is 0 Å². The topological polar surface area (TPSA) is 29.6 Å². The normalized spacial score (nSPS) is 12.0. The minimum atomic E-state index is 0.575. The second-order valence-electron chi connectivity index (χ2n) is 5.73. The quantitative estimate of drug-likeness (QED) is 0.328. The zero-order chi connectivity index (χ0) is 18.4. The van der Waals surface area contributed by atoms with Crippen molar-refractivity contribution in [2.75, 3.05) is 12.8 Å². The Hall–Kier alpha value is -2.37. The van der Waals surface area contributed by atoms with Crippen molar-refractivity contribution < 1.29 is 0 Å². The number of hydrogen-bond acceptors (Lipinski definition) is 4. The lowest BCUT2D eigenvalue weighted by atomic mass is 10.1. The molecule has 0 amide bonds. The summed E-state index contributed by atoms with van der Waals surface area (Å²) in [7, 11) is 0. The highest BCUT2D eigenvalue weighted by Gasteiger charge is 2.07. The largest absolute Gasteiger partial charge is 0.253 e. The molecule has 26 heavy (non-hydrogen) atoms. The third-order valence-electron chi connectivity index (χ3n) is 3.83. The summed E-state index contributed by atoms with van der Waals surface area (Å²) < 4.78 is 1.90. The van der Waals surface area contributed by atoms with Crippen molar-refractivity contribution in [2.45, 2.75) is 11.8 Å². The molecule has 1 aromatic heterocycles. The molecule has 0 N–H and O–H groups in total. The van der Waals surface area contributed by atoms with Crippen LogP contribution in [-0.2, 0) is 0 Å². The van der Waals surface area contributed by atoms with E-state index in [2.05, 4.69) is 78.7 Å². The van der Waals surface area contributed by atoms with E-state index in [1.807, 2.05) is 10.9 Å². The summed E-state index contributed by atoms with van der Waals surface area (Å²) in [6, 6.07) is 16.8. The van der Waals surface area contributed by atoms with E-state index >= 15 is 0 Å². The molecule has 0 unspecified atom stereocenters. The van der Waals surface area contributed by atoms with Crippen LogP contribution in [0.25, 0.3) is 11.3 Å². The van der Waals surface area contributed by atoms with Gasteiger partial charge in [0.05, 0.1) is 18.5 Å². The van der Waals surface area contributed by atoms with Crippen molar-refractivity contribution >= 4 is 29.3 Å². The molecule has 0 radical (unpaired) electrons. The van der Waals surface area contributed by atoms with Crippen LogP contribution >= 0.6 is 23.1 Å². The minimum Gasteiger partial charge on any atom is -0.253 e. The molecule has 5 heteroatoms. The van der Waals surface area contributed by atoms with Gasteiger partial charge in [0.2, 0.25) is 4.80 Å². The number of aromatic nitrogens is 1. The van der Waals surface area contributed by atoms with Crippen molar-refractivity contribution in [3.8, 4) is 11.3 Å². The van der Waals surface area contributed by atoms with E-state index in [1.165, 1.54) is 10.5 Å². The molecule has 2 aromatic carbocycles. The lowest BCUT2D eigenvalue weighted by Crippen LogP contribution is -2.12. The van der Waals surface area contributed by atoms with Crippen LogP contribution in [0.2, 0.25) is 0 Å². The number of thioether (sulfide) groups is 1. The summed E-state index contributed by atoms with van der Waals surface area (Å²) in [6.45, 7) is 6.42. The highest BCUT2D eigenvalue weighted by molar-refractivity contribution is 7.98. The molecule has 0 bridgehead atoms. The van der Waals surface area contributed by atoms with Crippen molar-refractivity contribution in [1.29, 1.82) is 0 Å². The van der Waals surface area contributed by atoms with Crippen molar-refractivity contribution in [3.05, 3.63) is 82.5 Å². The van der Waals surface area contributed by atoms with Crippen LogP contribution < -0.4 is 4.80 Å². The molecule has 132 valence electrons. The average molecular weight is 380 g/mol. The van der Waals surface area contributed by atoms with E-state index in [4.69, 9.17) is 5.10 Å². The van der Waals surface area contributed by atoms with Gasteiger partial charge in [-0.15, -0.1) is 29.7 Å². The SMILES string of the molecule is C=CCN=c1scc(-c2ccc(C)cc2)n1N=Cc1ccc(SC)cc1. The monoisotopic (exact) mass is 379 g/mol. The van der Waals surface area contributed by atoms with Crippen LogP contribution in [0.4, 0.5) is 0 Å². The number of hydrogen-bond donors (Lipinski definition) is 0. The molecule has 3 rings (SSSR count). The smallest absolute Gasteiger partial charge is 0.206 e. The first-order valence-corrected chi connectivity index (χ1v) is 10.4. The van der Waals surface area contributed by atoms with Gasteiger partial charge in [-0.1, -0.05) is 48.0 Å². The first-order valence-electron chi connectivity index (χ1n) is 8.28. The highest BCUT2D eigenvalue weighted by atomic mass is 32.2. The van der Waals surface area contributed by atoms with Gasteiger partial charge >= 0.3 is 0 Å². The Bertz CT molecular complexity index is 962. The van der Waals surface area contributed by atoms with Gasteiger partial charge < -0.3 is 0 Å². The molecule has 0 fully saturated rings. The molecule has 1 heterocycles. The van der Waals surface area contributed by atoms with Crippen LogP contribution in [0, 0.1) is 6.92 Å². The maximum atomic E-state index is 4.71. The summed E-state index contributed by atoms with van der Waals surface area (Å²) >= 11 is 3.32. The highest BCUT2D eigenvalue weighted by Crippen LogP contribution is 2.21. The van der Waals surface area contributed by atoms with E-state index in [0.29, 0.717) is 6.54 Å². The van der Waals surface area contributed by atoms with Crippen LogP contribution in [0.3, 0.4) is 0 Å². The third-order valence-corrected chi connectivity index (χ3v) is 5.42. The Morgan fingerprint density at radius 2 is 1.85 bits per heavy atom. The second-order valence-corrected chi connectivity index (χ2v) is 7.44. The molecule has 0 spiro atoms. The molecule has 3 aromatic rings. The number of aryl methyl sites for hydroxylation is 1. The number of rotatable bonds is 6. The van der Waals surface area contributed by atoms with E-state index in [-0.39, 0.29) is 0 Å². The maximum absolute atomic E-state index is 4.71. The van der Waals surface area contributed by atoms with Gasteiger partial charge in [0, 0.05) is 15.8 Å². The molecular formula is C21H21N3S2. The molecule has 0 aliphatic carbocycles. The standard InChI is InChI=1S/C21H21N3S2/c1-4-13-22-21-24(23-14-17-7-11-19(25-3)12-8-17)20(15-26-21)18-9-5-16(2)6-10-18/h4-12,14-15H,1,13H2,2-3H3. The number of nitrogens with zero attached hydrogens (tertiary/aromatic N) is 3. The van der Waals surface area contributed by atoms with Gasteiger partial charge in [-0.3, -0.25) is 4.99 Å². The van der Waals surface area contributed by atoms with Crippen LogP contribution in [0.1, 0.15) is 11.1 Å². The summed E-state index contributed by atoms with van der Waals surface area (Å²) in [4.78, 5) is 6.68. The third kappa shape index (κ3) is 4.42. The zero-order valence-corrected chi connectivity index (χ0v) is 16.6. The fourth-order valence-electron chi connectivity index (χ4n) is 2.40. The number of thiazole rings is 1. The molecule has 0 atom stereocenters. The van der Waals surface area contributed by atoms with E-state index in [9.17, 15) is 0 Å². The van der Waals surface area contributed by atoms with E-state index in [1.54, 1.807) is 29.2 Å². The predicted octanol–water partition coefficient (Wildman–Crippen LogP) is 5.22. The summed E-state index contributed by atoms with van der Waals surface area (Å²) in [6.07, 6.45) is 5.74. The Morgan fingerprint density at radius 3 is 2.50 bits per heavy atom. The first kappa shape index (κ1) is 18.4. The molecule has 3 nitrogen and oxygen atoms in total. The fourth-order valence-corrected chi connectivity index (χ4v) is 3.65. The lowest BCUT2D eigenvalue weighted by molar-refractivity contribution is 0.840. The van der Waals surface area contributed by atoms with E-state index in [0.717, 1.165) is 21.6 Å². The first-order chi connectivity index (χ1) is 12.7. The zero-order valence-electron chi connectivity index (χ0n) is 14.9. The molecule has 0 aliphatic heterocycles. The maximum Gasteiger partial charge on any atom is 0.206 e. The summed E-state index contributed by atoms with van der Waals surface area (Å²) in [5.41, 5.74) is 4.46. The van der Waals surface area contributed by atoms with Gasteiger partial charge in [-0.2, -0.15) is 5.10 Å². The summed E-state index contributed by atoms with van der Waals surface area (Å²) in [5.74, 6) is 0. The second kappa shape index (κ2) is 8.83. The van der Waals surface area contributed by atoms with Crippen LogP contribution in [0.5, 0.6) is 0 Å². The molecule has 0 saturated carbocycles. The van der Waals surface area contributed by atoms with Crippen LogP contribution in [0.15, 0.2) is 81.6 Å². The van der Waals surface area contributed by atoms with Crippen molar-refractivity contribution in [1.82, 2.24) is 4.68 Å². The van der Waals surface area contributed by atoms with E-state index < -0.39 is 0 Å². The Labute approximate surface area is 162 Å². The Balaban J connectivity index is 2.01. The Kier molecular flexibility index (Phi) is 6.26. The summed E-state index contributed by atoms with van der Waals surface area (Å²) in [5, 5.41) is 6.81. The molecular weight excluding hydrogens is 358 g/mol. The Morgan fingerprint density at radius 1 is 1.12 bits per heavy atom. The van der Waals surface area contributed by atoms with Gasteiger partial charge in [-0.25, -0.2) is 4.68 Å². The fraction of sp³-hybridized carbons (Fsp3) is 0.143. The van der Waals surface area contributed by atoms with Gasteiger partial charge in [-0.05, 0) is 30.9 Å². The molecule has 0 aliphatic rings.